The lowest BCUT2D eigenvalue weighted by atomic mass is 9.96. The maximum absolute atomic E-state index is 15.0. The van der Waals surface area contributed by atoms with Crippen LogP contribution in [0.2, 0.25) is 0 Å². The zero-order chi connectivity index (χ0) is 94.7. The van der Waals surface area contributed by atoms with Crippen LogP contribution in [-0.2, 0) is 113 Å². The fourth-order valence-electron chi connectivity index (χ4n) is 12.7. The summed E-state index contributed by atoms with van der Waals surface area (Å²) in [5.41, 5.74) is 13.5. The van der Waals surface area contributed by atoms with Gasteiger partial charge in [-0.05, 0) is 114 Å². The third kappa shape index (κ3) is 35.0. The number of nitrogen functional groups attached to an aromatic ring is 1. The largest absolute Gasteiger partial charge is 0.481 e. The van der Waals surface area contributed by atoms with Gasteiger partial charge in [0.1, 0.15) is 78.2 Å². The lowest BCUT2D eigenvalue weighted by Crippen LogP contribution is -2.62. The van der Waals surface area contributed by atoms with Gasteiger partial charge in [-0.1, -0.05) is 81.3 Å². The first-order valence-electron chi connectivity index (χ1n) is 40.3. The van der Waals surface area contributed by atoms with E-state index in [1.807, 2.05) is 40.2 Å². The summed E-state index contributed by atoms with van der Waals surface area (Å²) in [6.07, 6.45) is -4.92. The number of nitrogens with one attached hydrogen (secondary N) is 15. The molecule has 127 heavy (non-hydrogen) atoms. The van der Waals surface area contributed by atoms with Crippen molar-refractivity contribution in [3.8, 4) is 0 Å². The molecule has 1 unspecified atom stereocenters. The predicted molar refractivity (Wildman–Crippen MR) is 446 cm³/mol. The van der Waals surface area contributed by atoms with Gasteiger partial charge in [0.25, 0.3) is 0 Å². The monoisotopic (exact) mass is 1780 g/mol. The molecule has 2 heterocycles. The van der Waals surface area contributed by atoms with E-state index in [9.17, 15) is 126 Å². The zero-order valence-electron chi connectivity index (χ0n) is 70.9. The van der Waals surface area contributed by atoms with Gasteiger partial charge in [-0.2, -0.15) is 0 Å². The smallest absolute Gasteiger partial charge is 0.407 e. The first-order valence-corrected chi connectivity index (χ1v) is 40.3. The number of hydrogen-bond acceptors (Lipinski definition) is 25. The van der Waals surface area contributed by atoms with Crippen LogP contribution in [0.1, 0.15) is 153 Å². The second kappa shape index (κ2) is 49.8. The summed E-state index contributed by atoms with van der Waals surface area (Å²) >= 11 is 0. The molecule has 24 N–H and O–H groups in total. The van der Waals surface area contributed by atoms with Gasteiger partial charge in [0, 0.05) is 53.8 Å². The van der Waals surface area contributed by atoms with Crippen molar-refractivity contribution in [2.24, 2.45) is 11.7 Å². The Labute approximate surface area is 726 Å². The number of allylic oxidation sites excluding steroid dienone is 1. The van der Waals surface area contributed by atoms with Gasteiger partial charge in [-0.3, -0.25) is 91.1 Å². The summed E-state index contributed by atoms with van der Waals surface area (Å²) in [4.78, 5) is 292. The Hall–Kier alpha value is -14.4. The Morgan fingerprint density at radius 1 is 0.591 bits per heavy atom. The average molecular weight is 1780 g/mol. The number of primary amides is 1. The standard InChI is InChI=1S/C82H109N17O28/c1-9-10-11-17-44-23-25-45(26-24-44)40(2)28-61(103)91-52(30-46-36-86-50-21-15-13-18-47(46)50)74(118)94-53(32-60(84)102)75(119)96-56(35-67(112)113)76(120)99-69-43(5)126-80(124)57(31-59(101)48-19-12-14-20-49(48)83)97-79(123)68(41(3)29-64(106)107)98-77(121)58(39-100)92-63(105)37-87-71(115)54(33-65(108)109)93-70(114)42(4)89-73(117)55(34-66(110)111)95-72(116)51(90-62(104)38-88-78(69)122)22-16-27-85-81(125)127-82(6,7)8/h12-15,18-21,23-26,28,36,41-43,51-58,68-69,86,100H,9-11,16-17,22,27,29-35,37-39,83H2,1-8H3,(H2,84,102)(H,85,125)(H,87,115)(H,88,122)(H,89,117)(H,90,104)(H,91,103)(H,92,105)(H,93,114)(H,94,118)(H,95,116)(H,96,119)(H,97,123)(H,98,121)(H,99,120)(H,106,107)(H,108,109)(H,110,111)(H,112,113)/b40-28+/t41-,42-,43-,51+,52?,53-,54+,55+,56+,57+,58-,68+,69+/m1/s1. The number of unbranched alkanes of at least 4 members (excludes halogenated alkanes) is 2. The van der Waals surface area contributed by atoms with Crippen LogP contribution < -0.4 is 85.9 Å². The molecule has 4 aromatic rings. The number of alkyl carbamates (subject to hydrolysis) is 1. The van der Waals surface area contributed by atoms with Crippen molar-refractivity contribution in [3.63, 3.8) is 0 Å². The summed E-state index contributed by atoms with van der Waals surface area (Å²) in [6, 6.07) is -3.89. The van der Waals surface area contributed by atoms with E-state index in [4.69, 9.17) is 20.9 Å². The van der Waals surface area contributed by atoms with E-state index in [0.29, 0.717) is 27.6 Å². The molecule has 0 spiro atoms. The van der Waals surface area contributed by atoms with Crippen molar-refractivity contribution in [1.29, 1.82) is 0 Å². The highest BCUT2D eigenvalue weighted by molar-refractivity contribution is 6.06. The molecule has 3 aromatic carbocycles. The van der Waals surface area contributed by atoms with Crippen molar-refractivity contribution in [2.45, 2.75) is 217 Å². The summed E-state index contributed by atoms with van der Waals surface area (Å²) in [5, 5.41) is 81.4. The number of esters is 1. The van der Waals surface area contributed by atoms with Gasteiger partial charge in [0.05, 0.1) is 51.8 Å². The van der Waals surface area contributed by atoms with E-state index >= 15 is 0 Å². The van der Waals surface area contributed by atoms with Crippen LogP contribution >= 0.6 is 0 Å². The number of carbonyl (C=O) groups excluding carboxylic acids is 17. The minimum absolute atomic E-state index is 0.211. The second-order valence-electron chi connectivity index (χ2n) is 30.9. The maximum Gasteiger partial charge on any atom is 0.407 e. The Balaban J connectivity index is 1.64. The van der Waals surface area contributed by atoms with Gasteiger partial charge in [-0.15, -0.1) is 0 Å². The highest BCUT2D eigenvalue weighted by atomic mass is 16.6. The molecule has 0 bridgehead atoms. The van der Waals surface area contributed by atoms with E-state index in [0.717, 1.165) is 52.0 Å². The number of carboxylic acid groups (broad SMARTS) is 4. The number of H-pyrrole nitrogens is 1. The van der Waals surface area contributed by atoms with Gasteiger partial charge in [0.15, 0.2) is 5.78 Å². The highest BCUT2D eigenvalue weighted by Crippen LogP contribution is 2.23. The Morgan fingerprint density at radius 2 is 1.15 bits per heavy atom. The number of aromatic nitrogens is 1. The molecule has 5 rings (SSSR count). The van der Waals surface area contributed by atoms with E-state index in [-0.39, 0.29) is 30.6 Å². The van der Waals surface area contributed by atoms with Crippen molar-refractivity contribution in [2.75, 3.05) is 32.0 Å². The summed E-state index contributed by atoms with van der Waals surface area (Å²) in [5.74, 6) is -30.7. The molecule has 690 valence electrons. The van der Waals surface area contributed by atoms with Gasteiger partial charge < -0.3 is 126 Å². The number of Topliss-reactive ketones (excluding diaryl/α,β-unsaturated/α-hetero) is 1. The lowest BCUT2D eigenvalue weighted by molar-refractivity contribution is -0.156. The number of nitrogens with two attached hydrogens (primary N) is 2. The Kier molecular flexibility index (Phi) is 40.4. The molecule has 0 radical (unpaired) electrons. The number of amides is 15. The molecule has 13 atom stereocenters. The third-order valence-electron chi connectivity index (χ3n) is 19.3. The van der Waals surface area contributed by atoms with Crippen molar-refractivity contribution in [3.05, 3.63) is 107 Å². The molecule has 45 nitrogen and oxygen atoms in total. The Bertz CT molecular complexity index is 4760. The molecular weight excluding hydrogens is 1670 g/mol. The minimum Gasteiger partial charge on any atom is -0.481 e. The zero-order valence-corrected chi connectivity index (χ0v) is 70.9. The number of aromatic amines is 1. The summed E-state index contributed by atoms with van der Waals surface area (Å²) < 4.78 is 11.0. The van der Waals surface area contributed by atoms with E-state index in [2.05, 4.69) is 70.4 Å². The Morgan fingerprint density at radius 3 is 1.75 bits per heavy atom. The lowest BCUT2D eigenvalue weighted by Gasteiger charge is -2.30. The second-order valence-corrected chi connectivity index (χ2v) is 30.9. The number of ketones is 1. The normalized spacial score (nSPS) is 20.5. The van der Waals surface area contributed by atoms with Crippen LogP contribution in [0.15, 0.2) is 85.1 Å². The molecule has 1 aliphatic heterocycles. The predicted octanol–water partition coefficient (Wildman–Crippen LogP) is -3.36. The third-order valence-corrected chi connectivity index (χ3v) is 19.3. The van der Waals surface area contributed by atoms with Gasteiger partial charge in [-0.25, -0.2) is 9.59 Å². The number of aliphatic hydroxyl groups is 1. The number of benzene rings is 3. The van der Waals surface area contributed by atoms with Gasteiger partial charge >= 0.3 is 35.9 Å². The van der Waals surface area contributed by atoms with Gasteiger partial charge in [0.2, 0.25) is 82.7 Å². The van der Waals surface area contributed by atoms with E-state index < -0.39 is 273 Å². The summed E-state index contributed by atoms with van der Waals surface area (Å²) in [6.45, 7) is 7.07. The number of para-hydroxylation sites is 2. The van der Waals surface area contributed by atoms with Crippen LogP contribution in [0, 0.1) is 5.92 Å². The highest BCUT2D eigenvalue weighted by Gasteiger charge is 2.41. The number of aliphatic carboxylic acids is 4. The fourth-order valence-corrected chi connectivity index (χ4v) is 12.7. The van der Waals surface area contributed by atoms with Crippen LogP contribution in [0.25, 0.3) is 16.5 Å². The first kappa shape index (κ1) is 103. The molecule has 1 saturated heterocycles. The van der Waals surface area contributed by atoms with E-state index in [1.165, 1.54) is 51.1 Å². The van der Waals surface area contributed by atoms with Crippen LogP contribution in [0.3, 0.4) is 0 Å². The number of rotatable bonds is 34. The summed E-state index contributed by atoms with van der Waals surface area (Å²) in [7, 11) is 0. The molecule has 45 heteroatoms. The maximum atomic E-state index is 15.0. The first-order chi connectivity index (χ1) is 59.8. The van der Waals surface area contributed by atoms with Crippen LogP contribution in [-0.4, -0.2) is 259 Å². The number of aliphatic hydroxyl groups excluding tert-OH is 1. The number of carboxylic acids is 4. The molecule has 0 aliphatic carbocycles. The average Bonchev–Trinajstić information content (AvgIpc) is 1.71. The number of aryl methyl sites for hydroxylation is 1. The number of cyclic esters (lactones) is 1. The number of anilines is 1. The molecular formula is C82H109N17O28. The molecule has 15 amide bonds. The number of fused-ring (bicyclic) bond motifs is 1. The number of hydrogen-bond donors (Lipinski definition) is 22. The van der Waals surface area contributed by atoms with Crippen molar-refractivity contribution < 1.29 is 136 Å². The molecule has 1 aliphatic rings. The van der Waals surface area contributed by atoms with Crippen LogP contribution in [0.5, 0.6) is 0 Å². The van der Waals surface area contributed by atoms with Crippen LogP contribution in [0.4, 0.5) is 10.5 Å². The van der Waals surface area contributed by atoms with E-state index in [1.54, 1.807) is 37.4 Å². The SMILES string of the molecule is CCCCCc1ccc(/C(C)=C/C(=O)NC(Cc2c[nH]c3ccccc23)C(=O)N[C@H](CC(N)=O)C(=O)N[C@@H](CC(=O)O)C(=O)N[C@@H]2C(=O)NCC(=O)N[C@@H](CCCNC(=O)OC(C)(C)C)C(=O)N[C@@H](CC(=O)O)C(=O)N[C@H](C)C(=O)N[C@@H](CC(=O)O)C(=O)NCC(=O)N[C@H](CO)C(=O)N[C@@H]([C@H](C)CC(=O)O)C(=O)N[C@@H](CC(=O)c3ccccc3N)C(=O)O[C@@H]2C)cc1. The quantitative estimate of drug-likeness (QED) is 0.00714. The molecule has 0 saturated carbocycles. The molecule has 1 aromatic heterocycles. The topological polar surface area (TPSA) is 714 Å². The number of carbonyl (C=O) groups is 21. The minimum atomic E-state index is -2.51. The molecule has 1 fully saturated rings. The fraction of sp³-hybridized carbons (Fsp3) is 0.476. The van der Waals surface area contributed by atoms with Crippen molar-refractivity contribution >= 4 is 147 Å². The van der Waals surface area contributed by atoms with Crippen molar-refractivity contribution in [1.82, 2.24) is 79.4 Å². The number of ether oxygens (including phenoxy) is 2.